The van der Waals surface area contributed by atoms with E-state index in [1.807, 2.05) is 12.1 Å². The van der Waals surface area contributed by atoms with Crippen LogP contribution < -0.4 is 20.1 Å². The minimum atomic E-state index is -0.287. The van der Waals surface area contributed by atoms with Gasteiger partial charge in [0.05, 0.1) is 5.02 Å². The van der Waals surface area contributed by atoms with Gasteiger partial charge in [-0.15, -0.1) is 0 Å². The normalized spacial score (nSPS) is 15.7. The monoisotopic (exact) mass is 507 g/mol. The number of pyridine rings is 1. The number of anilines is 2. The number of carbonyl (C=O) groups excluding carboxylic acids is 1. The van der Waals surface area contributed by atoms with Crippen LogP contribution in [0.15, 0.2) is 59.1 Å². The fourth-order valence-corrected chi connectivity index (χ4v) is 4.25. The van der Waals surface area contributed by atoms with Crippen molar-refractivity contribution < 1.29 is 18.7 Å². The molecule has 10 heteroatoms. The van der Waals surface area contributed by atoms with E-state index in [0.717, 1.165) is 18.7 Å². The maximum atomic E-state index is 11.8. The molecule has 36 heavy (non-hydrogen) atoms. The van der Waals surface area contributed by atoms with E-state index >= 15 is 0 Å². The number of likely N-dealkylation sites (tertiary alicyclic amines) is 1. The number of oxazole rings is 1. The van der Waals surface area contributed by atoms with E-state index < -0.39 is 0 Å². The summed E-state index contributed by atoms with van der Waals surface area (Å²) in [6, 6.07) is 14.8. The second kappa shape index (κ2) is 10.4. The van der Waals surface area contributed by atoms with Gasteiger partial charge in [0.1, 0.15) is 35.1 Å². The van der Waals surface area contributed by atoms with Crippen molar-refractivity contribution in [2.45, 2.75) is 18.9 Å². The van der Waals surface area contributed by atoms with Crippen LogP contribution >= 0.6 is 11.6 Å². The summed E-state index contributed by atoms with van der Waals surface area (Å²) in [7, 11) is 3.66. The summed E-state index contributed by atoms with van der Waals surface area (Å²) in [6.07, 6.45) is 3.83. The standard InChI is InChI=1S/C26H26ClN5O4/c1-28-25(33)22-14-19(9-10-29-22)35-18-6-8-23-21(13-18)31-26(36-23)30-16-5-7-20(27)24(12-16)34-15-17-4-3-11-32(17)2/h5-10,12-14,17H,3-4,11,15H2,1-2H3,(H,28,33)(H,30,31)/t17-/m1/s1. The zero-order valence-electron chi connectivity index (χ0n) is 20.0. The molecule has 2 aromatic carbocycles. The summed E-state index contributed by atoms with van der Waals surface area (Å²) < 4.78 is 17.8. The number of hydrogen-bond acceptors (Lipinski definition) is 8. The minimum Gasteiger partial charge on any atom is -0.490 e. The predicted octanol–water partition coefficient (Wildman–Crippen LogP) is 5.24. The van der Waals surface area contributed by atoms with Crippen LogP contribution in [0.5, 0.6) is 17.2 Å². The molecule has 0 saturated carbocycles. The molecule has 0 aliphatic carbocycles. The number of benzene rings is 2. The topological polar surface area (TPSA) is 102 Å². The lowest BCUT2D eigenvalue weighted by atomic mass is 10.2. The quantitative estimate of drug-likeness (QED) is 0.333. The SMILES string of the molecule is CNC(=O)c1cc(Oc2ccc3oc(Nc4ccc(Cl)c(OC[C@H]5CCCN5C)c4)nc3c2)ccn1. The van der Waals surface area contributed by atoms with Crippen molar-refractivity contribution in [3.63, 3.8) is 0 Å². The first-order valence-corrected chi connectivity index (χ1v) is 12.0. The van der Waals surface area contributed by atoms with E-state index in [1.54, 1.807) is 43.4 Å². The van der Waals surface area contributed by atoms with E-state index in [-0.39, 0.29) is 11.6 Å². The van der Waals surface area contributed by atoms with E-state index in [0.29, 0.717) is 52.0 Å². The van der Waals surface area contributed by atoms with Gasteiger partial charge in [-0.1, -0.05) is 11.6 Å². The van der Waals surface area contributed by atoms with Gasteiger partial charge in [-0.3, -0.25) is 9.78 Å². The summed E-state index contributed by atoms with van der Waals surface area (Å²) in [6.45, 7) is 1.68. The van der Waals surface area contributed by atoms with E-state index in [2.05, 4.69) is 32.5 Å². The van der Waals surface area contributed by atoms with Crippen LogP contribution in [-0.2, 0) is 0 Å². The zero-order valence-corrected chi connectivity index (χ0v) is 20.7. The van der Waals surface area contributed by atoms with Gasteiger partial charge in [-0.25, -0.2) is 0 Å². The molecule has 4 aromatic rings. The van der Waals surface area contributed by atoms with Crippen LogP contribution in [0.4, 0.5) is 11.7 Å². The number of likely N-dealkylation sites (N-methyl/N-ethyl adjacent to an activating group) is 1. The lowest BCUT2D eigenvalue weighted by molar-refractivity contribution is 0.0958. The summed E-state index contributed by atoms with van der Waals surface area (Å²) >= 11 is 6.36. The van der Waals surface area contributed by atoms with Crippen molar-refractivity contribution >= 4 is 40.3 Å². The van der Waals surface area contributed by atoms with Crippen molar-refractivity contribution in [2.24, 2.45) is 0 Å². The van der Waals surface area contributed by atoms with Gasteiger partial charge in [0.2, 0.25) is 0 Å². The Kier molecular flexibility index (Phi) is 6.92. The molecular weight excluding hydrogens is 482 g/mol. The summed E-state index contributed by atoms with van der Waals surface area (Å²) in [5.41, 5.74) is 2.23. The van der Waals surface area contributed by atoms with Crippen molar-refractivity contribution in [1.29, 1.82) is 0 Å². The Morgan fingerprint density at radius 2 is 2.06 bits per heavy atom. The number of nitrogens with zero attached hydrogens (tertiary/aromatic N) is 3. The van der Waals surface area contributed by atoms with Gasteiger partial charge in [0, 0.05) is 43.2 Å². The Labute approximate surface area is 213 Å². The molecule has 0 radical (unpaired) electrons. The molecule has 3 heterocycles. The third-order valence-corrected chi connectivity index (χ3v) is 6.38. The van der Waals surface area contributed by atoms with E-state index in [9.17, 15) is 4.79 Å². The molecular formula is C26H26ClN5O4. The molecule has 1 aliphatic heterocycles. The highest BCUT2D eigenvalue weighted by molar-refractivity contribution is 6.32. The Morgan fingerprint density at radius 1 is 1.19 bits per heavy atom. The van der Waals surface area contributed by atoms with Gasteiger partial charge < -0.3 is 29.4 Å². The van der Waals surface area contributed by atoms with E-state index in [4.69, 9.17) is 25.5 Å². The third-order valence-electron chi connectivity index (χ3n) is 6.07. The predicted molar refractivity (Wildman–Crippen MR) is 138 cm³/mol. The van der Waals surface area contributed by atoms with Gasteiger partial charge >= 0.3 is 0 Å². The second-order valence-electron chi connectivity index (χ2n) is 8.56. The summed E-state index contributed by atoms with van der Waals surface area (Å²) in [5.74, 6) is 1.37. The minimum absolute atomic E-state index is 0.269. The number of halogens is 1. The lowest BCUT2D eigenvalue weighted by Crippen LogP contribution is -2.30. The highest BCUT2D eigenvalue weighted by atomic mass is 35.5. The molecule has 0 spiro atoms. The van der Waals surface area contributed by atoms with Crippen LogP contribution in [0.25, 0.3) is 11.1 Å². The number of hydrogen-bond donors (Lipinski definition) is 2. The molecule has 5 rings (SSSR count). The lowest BCUT2D eigenvalue weighted by Gasteiger charge is -2.20. The zero-order chi connectivity index (χ0) is 25.1. The highest BCUT2D eigenvalue weighted by Crippen LogP contribution is 2.32. The number of carbonyl (C=O) groups is 1. The number of nitrogens with one attached hydrogen (secondary N) is 2. The van der Waals surface area contributed by atoms with Gasteiger partial charge in [-0.05, 0) is 56.8 Å². The average molecular weight is 508 g/mol. The largest absolute Gasteiger partial charge is 0.490 e. The molecule has 1 amide bonds. The molecule has 1 saturated heterocycles. The smallest absolute Gasteiger partial charge is 0.300 e. The van der Waals surface area contributed by atoms with Crippen LogP contribution in [0, 0.1) is 0 Å². The average Bonchev–Trinajstić information content (AvgIpc) is 3.48. The molecule has 186 valence electrons. The second-order valence-corrected chi connectivity index (χ2v) is 8.97. The molecule has 2 aromatic heterocycles. The number of rotatable bonds is 8. The Morgan fingerprint density at radius 3 is 2.86 bits per heavy atom. The Balaban J connectivity index is 1.28. The summed E-state index contributed by atoms with van der Waals surface area (Å²) in [5, 5.41) is 6.27. The van der Waals surface area contributed by atoms with Crippen molar-refractivity contribution in [2.75, 3.05) is 32.6 Å². The third kappa shape index (κ3) is 5.37. The fourth-order valence-electron chi connectivity index (χ4n) is 4.08. The first-order chi connectivity index (χ1) is 17.5. The van der Waals surface area contributed by atoms with Crippen LogP contribution in [0.1, 0.15) is 23.3 Å². The van der Waals surface area contributed by atoms with Crippen LogP contribution in [0.3, 0.4) is 0 Å². The maximum absolute atomic E-state index is 11.8. The molecule has 9 nitrogen and oxygen atoms in total. The highest BCUT2D eigenvalue weighted by Gasteiger charge is 2.21. The van der Waals surface area contributed by atoms with Gasteiger partial charge in [0.25, 0.3) is 11.9 Å². The number of fused-ring (bicyclic) bond motifs is 1. The van der Waals surface area contributed by atoms with Gasteiger partial charge in [0.15, 0.2) is 5.58 Å². The maximum Gasteiger partial charge on any atom is 0.300 e. The molecule has 0 bridgehead atoms. The van der Waals surface area contributed by atoms with Crippen molar-refractivity contribution in [1.82, 2.24) is 20.2 Å². The molecule has 2 N–H and O–H groups in total. The van der Waals surface area contributed by atoms with Gasteiger partial charge in [-0.2, -0.15) is 4.98 Å². The van der Waals surface area contributed by atoms with Crippen molar-refractivity contribution in [3.8, 4) is 17.2 Å². The van der Waals surface area contributed by atoms with Crippen LogP contribution in [0.2, 0.25) is 5.02 Å². The Hall–Kier alpha value is -3.82. The first kappa shape index (κ1) is 23.9. The van der Waals surface area contributed by atoms with Crippen LogP contribution in [-0.4, -0.2) is 54.1 Å². The number of amides is 1. The first-order valence-electron chi connectivity index (χ1n) is 11.6. The Bertz CT molecular complexity index is 1390. The molecule has 1 aliphatic rings. The van der Waals surface area contributed by atoms with E-state index in [1.165, 1.54) is 12.6 Å². The molecule has 1 atom stereocenters. The number of ether oxygens (including phenoxy) is 2. The molecule has 0 unspecified atom stereocenters. The fraction of sp³-hybridized carbons (Fsp3) is 0.269. The number of aromatic nitrogens is 2. The summed E-state index contributed by atoms with van der Waals surface area (Å²) in [4.78, 5) is 22.7. The van der Waals surface area contributed by atoms with Crippen molar-refractivity contribution in [3.05, 3.63) is 65.4 Å². The molecule has 1 fully saturated rings.